The molecule has 168 valence electrons. The Hall–Kier alpha value is -2.41. The summed E-state index contributed by atoms with van der Waals surface area (Å²) in [6, 6.07) is 7.48. The maximum atomic E-state index is 13.4. The molecule has 7 heteroatoms. The maximum absolute atomic E-state index is 13.4. The molecule has 4 amide bonds. The monoisotopic (exact) mass is 426 g/mol. The molecule has 3 aliphatic rings. The standard InChI is InChI=1S/C24H34N4O3/c1-3-12-26-14-10-24(11-15-26)22(30)28(23(31)25-24)20-5-4-13-27(17-20)21(29)16-19-8-6-18(2)7-9-19/h6-9,20H,3-5,10-17H2,1-2H3,(H,25,31). The Morgan fingerprint density at radius 3 is 2.52 bits per heavy atom. The number of rotatable bonds is 5. The Kier molecular flexibility index (Phi) is 6.32. The van der Waals surface area contributed by atoms with Crippen LogP contribution in [0.3, 0.4) is 0 Å². The molecule has 3 heterocycles. The number of urea groups is 1. The number of benzene rings is 1. The van der Waals surface area contributed by atoms with E-state index in [-0.39, 0.29) is 23.9 Å². The molecule has 4 rings (SSSR count). The molecule has 1 spiro atoms. The summed E-state index contributed by atoms with van der Waals surface area (Å²) in [4.78, 5) is 44.7. The molecule has 1 atom stereocenters. The molecule has 7 nitrogen and oxygen atoms in total. The van der Waals surface area contributed by atoms with Crippen LogP contribution in [0.2, 0.25) is 0 Å². The fourth-order valence-electron chi connectivity index (χ4n) is 5.17. The normalized spacial score (nSPS) is 24.0. The first-order valence-corrected chi connectivity index (χ1v) is 11.6. The van der Waals surface area contributed by atoms with Crippen LogP contribution in [0.4, 0.5) is 4.79 Å². The molecule has 0 aliphatic carbocycles. The van der Waals surface area contributed by atoms with E-state index >= 15 is 0 Å². The number of piperidine rings is 2. The van der Waals surface area contributed by atoms with Crippen molar-refractivity contribution in [3.05, 3.63) is 35.4 Å². The second kappa shape index (κ2) is 8.99. The molecule has 3 saturated heterocycles. The summed E-state index contributed by atoms with van der Waals surface area (Å²) < 4.78 is 0. The van der Waals surface area contributed by atoms with Gasteiger partial charge in [-0.25, -0.2) is 4.79 Å². The molecule has 31 heavy (non-hydrogen) atoms. The van der Waals surface area contributed by atoms with Crippen molar-refractivity contribution in [3.8, 4) is 0 Å². The predicted molar refractivity (Wildman–Crippen MR) is 119 cm³/mol. The van der Waals surface area contributed by atoms with Crippen LogP contribution in [0.5, 0.6) is 0 Å². The SMILES string of the molecule is CCCN1CCC2(CC1)NC(=O)N(C1CCCN(C(=O)Cc3ccc(C)cc3)C1)C2=O. The van der Waals surface area contributed by atoms with Gasteiger partial charge in [0.15, 0.2) is 0 Å². The van der Waals surface area contributed by atoms with Gasteiger partial charge < -0.3 is 15.1 Å². The minimum atomic E-state index is -0.754. The molecule has 1 N–H and O–H groups in total. The maximum Gasteiger partial charge on any atom is 0.325 e. The number of carbonyl (C=O) groups is 3. The van der Waals surface area contributed by atoms with Gasteiger partial charge in [-0.3, -0.25) is 14.5 Å². The van der Waals surface area contributed by atoms with Crippen LogP contribution in [-0.4, -0.2) is 76.8 Å². The lowest BCUT2D eigenvalue weighted by atomic mass is 9.87. The average Bonchev–Trinajstić information content (AvgIpc) is 3.01. The molecule has 1 aromatic rings. The largest absolute Gasteiger partial charge is 0.340 e. The van der Waals surface area contributed by atoms with Gasteiger partial charge in [-0.05, 0) is 51.1 Å². The molecule has 0 aromatic heterocycles. The fraction of sp³-hybridized carbons (Fsp3) is 0.625. The van der Waals surface area contributed by atoms with Gasteiger partial charge in [0.2, 0.25) is 5.91 Å². The number of carbonyl (C=O) groups excluding carboxylic acids is 3. The number of imide groups is 1. The van der Waals surface area contributed by atoms with Gasteiger partial charge in [0.1, 0.15) is 5.54 Å². The van der Waals surface area contributed by atoms with Gasteiger partial charge in [-0.2, -0.15) is 0 Å². The second-order valence-electron chi connectivity index (χ2n) is 9.33. The van der Waals surface area contributed by atoms with Crippen LogP contribution in [0.1, 0.15) is 50.2 Å². The Labute approximate surface area is 184 Å². The quantitative estimate of drug-likeness (QED) is 0.734. The third-order valence-electron chi connectivity index (χ3n) is 7.03. The summed E-state index contributed by atoms with van der Waals surface area (Å²) in [6.07, 6.45) is 4.33. The van der Waals surface area contributed by atoms with Crippen molar-refractivity contribution < 1.29 is 14.4 Å². The molecule has 1 unspecified atom stereocenters. The molecule has 3 fully saturated rings. The Bertz CT molecular complexity index is 830. The van der Waals surface area contributed by atoms with E-state index in [1.54, 1.807) is 0 Å². The zero-order valence-electron chi connectivity index (χ0n) is 18.7. The average molecular weight is 427 g/mol. The highest BCUT2D eigenvalue weighted by Gasteiger charge is 2.54. The second-order valence-corrected chi connectivity index (χ2v) is 9.33. The van der Waals surface area contributed by atoms with E-state index in [9.17, 15) is 14.4 Å². The number of aryl methyl sites for hydroxylation is 1. The van der Waals surface area contributed by atoms with E-state index in [2.05, 4.69) is 17.1 Å². The highest BCUT2D eigenvalue weighted by atomic mass is 16.2. The minimum Gasteiger partial charge on any atom is -0.340 e. The highest BCUT2D eigenvalue weighted by Crippen LogP contribution is 2.32. The van der Waals surface area contributed by atoms with Gasteiger partial charge >= 0.3 is 6.03 Å². The van der Waals surface area contributed by atoms with Crippen molar-refractivity contribution >= 4 is 17.8 Å². The molecule has 1 aromatic carbocycles. The lowest BCUT2D eigenvalue weighted by Gasteiger charge is -2.39. The number of nitrogens with one attached hydrogen (secondary N) is 1. The van der Waals surface area contributed by atoms with Gasteiger partial charge in [0.25, 0.3) is 5.91 Å². The zero-order chi connectivity index (χ0) is 22.0. The number of nitrogens with zero attached hydrogens (tertiary/aromatic N) is 3. The molecular formula is C24H34N4O3. The molecule has 3 aliphatic heterocycles. The summed E-state index contributed by atoms with van der Waals surface area (Å²) >= 11 is 0. The Balaban J connectivity index is 1.40. The van der Waals surface area contributed by atoms with Crippen molar-refractivity contribution in [2.45, 2.75) is 64.0 Å². The van der Waals surface area contributed by atoms with Crippen molar-refractivity contribution in [1.82, 2.24) is 20.0 Å². The minimum absolute atomic E-state index is 0.0585. The Morgan fingerprint density at radius 2 is 1.84 bits per heavy atom. The zero-order valence-corrected chi connectivity index (χ0v) is 18.7. The number of hydrogen-bond acceptors (Lipinski definition) is 4. The van der Waals surface area contributed by atoms with Gasteiger partial charge in [0.05, 0.1) is 12.5 Å². The lowest BCUT2D eigenvalue weighted by molar-refractivity contribution is -0.138. The molecular weight excluding hydrogens is 392 g/mol. The third kappa shape index (κ3) is 4.47. The Morgan fingerprint density at radius 1 is 1.13 bits per heavy atom. The molecule has 0 bridgehead atoms. The van der Waals surface area contributed by atoms with Gasteiger partial charge in [0, 0.05) is 26.2 Å². The number of hydrogen-bond donors (Lipinski definition) is 1. The van der Waals surface area contributed by atoms with Crippen molar-refractivity contribution in [3.63, 3.8) is 0 Å². The third-order valence-corrected chi connectivity index (χ3v) is 7.03. The topological polar surface area (TPSA) is 73.0 Å². The van der Waals surface area contributed by atoms with E-state index in [0.717, 1.165) is 44.5 Å². The summed E-state index contributed by atoms with van der Waals surface area (Å²) in [5, 5.41) is 3.03. The molecule has 0 saturated carbocycles. The summed E-state index contributed by atoms with van der Waals surface area (Å²) in [5.41, 5.74) is 1.41. The van der Waals surface area contributed by atoms with E-state index in [4.69, 9.17) is 0 Å². The van der Waals surface area contributed by atoms with Crippen molar-refractivity contribution in [2.24, 2.45) is 0 Å². The number of likely N-dealkylation sites (tertiary alicyclic amines) is 2. The number of amides is 4. The lowest BCUT2D eigenvalue weighted by Crippen LogP contribution is -2.56. The van der Waals surface area contributed by atoms with E-state index in [1.165, 1.54) is 10.5 Å². The van der Waals surface area contributed by atoms with Crippen LogP contribution in [0, 0.1) is 6.92 Å². The fourth-order valence-corrected chi connectivity index (χ4v) is 5.17. The molecule has 0 radical (unpaired) electrons. The summed E-state index contributed by atoms with van der Waals surface area (Å²) in [7, 11) is 0. The van der Waals surface area contributed by atoms with Crippen LogP contribution >= 0.6 is 0 Å². The van der Waals surface area contributed by atoms with Gasteiger partial charge in [-0.15, -0.1) is 0 Å². The van der Waals surface area contributed by atoms with Crippen molar-refractivity contribution in [2.75, 3.05) is 32.7 Å². The van der Waals surface area contributed by atoms with Crippen LogP contribution in [0.25, 0.3) is 0 Å². The first-order valence-electron chi connectivity index (χ1n) is 11.6. The first-order chi connectivity index (χ1) is 14.9. The summed E-state index contributed by atoms with van der Waals surface area (Å²) in [6.45, 7) is 7.99. The smallest absolute Gasteiger partial charge is 0.325 e. The summed E-state index contributed by atoms with van der Waals surface area (Å²) in [5.74, 6) is -0.0327. The van der Waals surface area contributed by atoms with E-state index in [0.29, 0.717) is 32.4 Å². The van der Waals surface area contributed by atoms with Gasteiger partial charge in [-0.1, -0.05) is 36.8 Å². The predicted octanol–water partition coefficient (Wildman–Crippen LogP) is 2.32. The van der Waals surface area contributed by atoms with E-state index in [1.807, 2.05) is 36.1 Å². The van der Waals surface area contributed by atoms with Crippen LogP contribution in [-0.2, 0) is 16.0 Å². The highest BCUT2D eigenvalue weighted by molar-refractivity contribution is 6.07. The van der Waals surface area contributed by atoms with Crippen LogP contribution in [0.15, 0.2) is 24.3 Å². The van der Waals surface area contributed by atoms with E-state index < -0.39 is 5.54 Å². The van der Waals surface area contributed by atoms with Crippen LogP contribution < -0.4 is 5.32 Å². The first kappa shape index (κ1) is 21.8. The van der Waals surface area contributed by atoms with Crippen molar-refractivity contribution in [1.29, 1.82) is 0 Å².